The average molecular weight is 489 g/mol. The van der Waals surface area contributed by atoms with Crippen LogP contribution in [0.5, 0.6) is 0 Å². The van der Waals surface area contributed by atoms with Gasteiger partial charge in [-0.15, -0.1) is 0 Å². The molecule has 9 heteroatoms. The number of carbonyl (C=O) groups is 1. The van der Waals surface area contributed by atoms with Gasteiger partial charge < -0.3 is 9.73 Å². The van der Waals surface area contributed by atoms with E-state index in [-0.39, 0.29) is 17.0 Å². The summed E-state index contributed by atoms with van der Waals surface area (Å²) in [4.78, 5) is 33.2. The van der Waals surface area contributed by atoms with Gasteiger partial charge in [0.25, 0.3) is 11.5 Å². The number of aryl methyl sites for hydroxylation is 1. The number of nitrogens with one attached hydrogen (secondary N) is 1. The van der Waals surface area contributed by atoms with Crippen molar-refractivity contribution in [3.63, 3.8) is 0 Å². The predicted octanol–water partition coefficient (Wildman–Crippen LogP) is 4.61. The Kier molecular flexibility index (Phi) is 6.04. The van der Waals surface area contributed by atoms with Gasteiger partial charge in [-0.05, 0) is 42.3 Å². The molecular formula is C25H20N4O3S2. The van der Waals surface area contributed by atoms with Crippen LogP contribution in [0.3, 0.4) is 0 Å². The lowest BCUT2D eigenvalue weighted by molar-refractivity contribution is -0.122. The summed E-state index contributed by atoms with van der Waals surface area (Å²) in [5.74, 6) is 0.842. The number of hydrogen-bond acceptors (Lipinski definition) is 7. The van der Waals surface area contributed by atoms with Crippen LogP contribution in [-0.2, 0) is 17.9 Å². The predicted molar refractivity (Wildman–Crippen MR) is 137 cm³/mol. The Hall–Kier alpha value is -3.69. The van der Waals surface area contributed by atoms with Gasteiger partial charge in [-0.3, -0.25) is 18.9 Å². The molecule has 0 saturated carbocycles. The molecule has 4 heterocycles. The van der Waals surface area contributed by atoms with Gasteiger partial charge in [-0.1, -0.05) is 60.4 Å². The van der Waals surface area contributed by atoms with Crippen LogP contribution in [0, 0.1) is 6.92 Å². The van der Waals surface area contributed by atoms with Gasteiger partial charge in [0.1, 0.15) is 21.5 Å². The van der Waals surface area contributed by atoms with Gasteiger partial charge in [0.15, 0.2) is 0 Å². The normalized spacial score (nSPS) is 15.0. The molecule has 1 fully saturated rings. The standard InChI is InChI=1S/C25H20N4O3S2/c1-16-9-10-21-27-22(26-13-18-8-5-11-32-18)19(23(30)28(21)14-16)12-20-24(31)29(25(33)34-20)15-17-6-3-2-4-7-17/h2-12,14,26H,13,15H2,1H3. The Morgan fingerprint density at radius 2 is 1.94 bits per heavy atom. The number of nitrogens with zero attached hydrogens (tertiary/aromatic N) is 3. The van der Waals surface area contributed by atoms with Gasteiger partial charge in [0.05, 0.1) is 29.8 Å². The second-order valence-electron chi connectivity index (χ2n) is 7.80. The second kappa shape index (κ2) is 9.28. The van der Waals surface area contributed by atoms with Gasteiger partial charge in [-0.25, -0.2) is 4.98 Å². The topological polar surface area (TPSA) is 79.8 Å². The number of pyridine rings is 1. The SMILES string of the molecule is Cc1ccc2nc(NCc3ccco3)c(C=C3SC(=S)N(Cc4ccccc4)C3=O)c(=O)n2c1. The molecule has 3 aromatic heterocycles. The summed E-state index contributed by atoms with van der Waals surface area (Å²) in [7, 11) is 0. The summed E-state index contributed by atoms with van der Waals surface area (Å²) in [6, 6.07) is 17.0. The second-order valence-corrected chi connectivity index (χ2v) is 9.48. The number of anilines is 1. The number of carbonyl (C=O) groups excluding carboxylic acids is 1. The number of furan rings is 1. The van der Waals surface area contributed by atoms with Crippen molar-refractivity contribution in [2.45, 2.75) is 20.0 Å². The minimum absolute atomic E-state index is 0.232. The van der Waals surface area contributed by atoms with Crippen molar-refractivity contribution in [1.29, 1.82) is 0 Å². The monoisotopic (exact) mass is 488 g/mol. The molecule has 0 radical (unpaired) electrons. The Labute approximate surface area is 205 Å². The van der Waals surface area contributed by atoms with Crippen molar-refractivity contribution in [1.82, 2.24) is 14.3 Å². The third-order valence-corrected chi connectivity index (χ3v) is 6.73. The van der Waals surface area contributed by atoms with Gasteiger partial charge in [0.2, 0.25) is 0 Å². The van der Waals surface area contributed by atoms with Gasteiger partial charge in [0, 0.05) is 6.20 Å². The molecule has 4 aromatic rings. The molecular weight excluding hydrogens is 468 g/mol. The fourth-order valence-corrected chi connectivity index (χ4v) is 4.88. The summed E-state index contributed by atoms with van der Waals surface area (Å²) < 4.78 is 7.34. The van der Waals surface area contributed by atoms with Crippen LogP contribution in [0.4, 0.5) is 5.82 Å². The maximum absolute atomic E-state index is 13.5. The number of aromatic nitrogens is 2. The fraction of sp³-hybridized carbons (Fsp3) is 0.120. The molecule has 1 N–H and O–H groups in total. The van der Waals surface area contributed by atoms with Crippen molar-refractivity contribution < 1.29 is 9.21 Å². The van der Waals surface area contributed by atoms with E-state index in [0.29, 0.717) is 39.5 Å². The highest BCUT2D eigenvalue weighted by Crippen LogP contribution is 2.34. The van der Waals surface area contributed by atoms with Crippen LogP contribution in [0.15, 0.2) is 81.2 Å². The zero-order valence-corrected chi connectivity index (χ0v) is 19.9. The highest BCUT2D eigenvalue weighted by atomic mass is 32.2. The Morgan fingerprint density at radius 3 is 2.71 bits per heavy atom. The van der Waals surface area contributed by atoms with Crippen LogP contribution in [-0.4, -0.2) is 24.5 Å². The number of amides is 1. The summed E-state index contributed by atoms with van der Waals surface area (Å²) in [5.41, 5.74) is 2.42. The molecule has 1 aromatic carbocycles. The Bertz CT molecular complexity index is 1480. The molecule has 7 nitrogen and oxygen atoms in total. The summed E-state index contributed by atoms with van der Waals surface area (Å²) in [6.07, 6.45) is 4.90. The molecule has 0 aliphatic carbocycles. The quantitative estimate of drug-likeness (QED) is 0.314. The van der Waals surface area contributed by atoms with E-state index in [9.17, 15) is 9.59 Å². The van der Waals surface area contributed by atoms with Crippen LogP contribution < -0.4 is 10.9 Å². The molecule has 170 valence electrons. The van der Waals surface area contributed by atoms with E-state index < -0.39 is 0 Å². The molecule has 34 heavy (non-hydrogen) atoms. The minimum Gasteiger partial charge on any atom is -0.467 e. The number of hydrogen-bond donors (Lipinski definition) is 1. The van der Waals surface area contributed by atoms with Crippen LogP contribution in [0.25, 0.3) is 11.7 Å². The number of rotatable bonds is 6. The lowest BCUT2D eigenvalue weighted by Gasteiger charge is -2.14. The first-order valence-corrected chi connectivity index (χ1v) is 11.8. The number of thiocarbonyl (C=S) groups is 1. The van der Waals surface area contributed by atoms with Crippen LogP contribution >= 0.6 is 24.0 Å². The maximum Gasteiger partial charge on any atom is 0.267 e. The Morgan fingerprint density at radius 1 is 1.12 bits per heavy atom. The first-order valence-electron chi connectivity index (χ1n) is 10.6. The van der Waals surface area contributed by atoms with Crippen molar-refractivity contribution in [2.24, 2.45) is 0 Å². The molecule has 0 atom stereocenters. The molecule has 0 spiro atoms. The van der Waals surface area contributed by atoms with Crippen molar-refractivity contribution in [3.05, 3.63) is 105 Å². The van der Waals surface area contributed by atoms with E-state index in [0.717, 1.165) is 11.1 Å². The van der Waals surface area contributed by atoms with Gasteiger partial charge in [-0.2, -0.15) is 0 Å². The lowest BCUT2D eigenvalue weighted by Crippen LogP contribution is -2.27. The first kappa shape index (κ1) is 22.1. The van der Waals surface area contributed by atoms with E-state index in [2.05, 4.69) is 10.3 Å². The third-order valence-electron chi connectivity index (χ3n) is 5.35. The zero-order chi connectivity index (χ0) is 23.7. The smallest absolute Gasteiger partial charge is 0.267 e. The largest absolute Gasteiger partial charge is 0.467 e. The van der Waals surface area contributed by atoms with Crippen molar-refractivity contribution in [3.8, 4) is 0 Å². The summed E-state index contributed by atoms with van der Waals surface area (Å²) >= 11 is 6.66. The van der Waals surface area contributed by atoms with E-state index >= 15 is 0 Å². The molecule has 0 bridgehead atoms. The first-order chi connectivity index (χ1) is 16.5. The zero-order valence-electron chi connectivity index (χ0n) is 18.2. The Balaban J connectivity index is 1.54. The average Bonchev–Trinajstić information content (AvgIpc) is 3.45. The number of benzene rings is 1. The molecule has 5 rings (SSSR count). The molecule has 1 aliphatic rings. The van der Waals surface area contributed by atoms with E-state index in [1.165, 1.54) is 16.2 Å². The van der Waals surface area contributed by atoms with Crippen LogP contribution in [0.2, 0.25) is 0 Å². The summed E-state index contributed by atoms with van der Waals surface area (Å²) in [5, 5.41) is 3.18. The molecule has 0 unspecified atom stereocenters. The highest BCUT2D eigenvalue weighted by Gasteiger charge is 2.32. The maximum atomic E-state index is 13.5. The third kappa shape index (κ3) is 4.40. The van der Waals surface area contributed by atoms with Crippen molar-refractivity contribution in [2.75, 3.05) is 5.32 Å². The lowest BCUT2D eigenvalue weighted by atomic mass is 10.2. The molecule has 1 saturated heterocycles. The molecule has 1 amide bonds. The van der Waals surface area contributed by atoms with E-state index in [1.807, 2.05) is 49.4 Å². The highest BCUT2D eigenvalue weighted by molar-refractivity contribution is 8.26. The van der Waals surface area contributed by atoms with Gasteiger partial charge >= 0.3 is 0 Å². The number of fused-ring (bicyclic) bond motifs is 1. The minimum atomic E-state index is -0.274. The summed E-state index contributed by atoms with van der Waals surface area (Å²) in [6.45, 7) is 2.63. The van der Waals surface area contributed by atoms with Crippen LogP contribution in [0.1, 0.15) is 22.5 Å². The fourth-order valence-electron chi connectivity index (χ4n) is 3.64. The van der Waals surface area contributed by atoms with E-state index in [4.69, 9.17) is 16.6 Å². The molecule has 1 aliphatic heterocycles. The number of thioether (sulfide) groups is 1. The van der Waals surface area contributed by atoms with E-state index in [1.54, 1.807) is 35.6 Å². The van der Waals surface area contributed by atoms with Crippen molar-refractivity contribution >= 4 is 51.7 Å².